The number of para-hydroxylation sites is 1. The van der Waals surface area contributed by atoms with Crippen molar-refractivity contribution < 1.29 is 19.0 Å². The molecule has 1 atom stereocenters. The van der Waals surface area contributed by atoms with Gasteiger partial charge in [-0.25, -0.2) is 0 Å². The first-order valence-electron chi connectivity index (χ1n) is 11.2. The first kappa shape index (κ1) is 23.8. The molecular weight excluding hydrogens is 452 g/mol. The minimum atomic E-state index is -0.848. The van der Waals surface area contributed by atoms with E-state index in [-0.39, 0.29) is 5.91 Å². The molecule has 1 unspecified atom stereocenters. The van der Waals surface area contributed by atoms with E-state index in [0.717, 1.165) is 30.6 Å². The summed E-state index contributed by atoms with van der Waals surface area (Å²) in [5.74, 6) is 2.21. The van der Waals surface area contributed by atoms with Gasteiger partial charge >= 0.3 is 0 Å². The van der Waals surface area contributed by atoms with Crippen molar-refractivity contribution in [1.82, 2.24) is 15.2 Å². The van der Waals surface area contributed by atoms with E-state index >= 15 is 0 Å². The summed E-state index contributed by atoms with van der Waals surface area (Å²) in [6, 6.07) is 12.9. The summed E-state index contributed by atoms with van der Waals surface area (Å²) < 4.78 is 17.5. The molecule has 8 nitrogen and oxygen atoms in total. The average molecular weight is 481 g/mol. The Balaban J connectivity index is 1.85. The SMILES string of the molecule is CCCCCSc1nnc2c(n1)OC(c1cc(OC)ccc1OC)N(C(C)=O)c1ccccc1-2. The van der Waals surface area contributed by atoms with Gasteiger partial charge in [0.15, 0.2) is 5.69 Å². The van der Waals surface area contributed by atoms with Gasteiger partial charge in [-0.3, -0.25) is 9.69 Å². The second-order valence-electron chi connectivity index (χ2n) is 7.79. The molecule has 0 fully saturated rings. The zero-order chi connectivity index (χ0) is 24.1. The van der Waals surface area contributed by atoms with Gasteiger partial charge in [0.2, 0.25) is 23.2 Å². The monoisotopic (exact) mass is 480 g/mol. The van der Waals surface area contributed by atoms with Gasteiger partial charge < -0.3 is 14.2 Å². The number of rotatable bonds is 8. The molecule has 1 aliphatic heterocycles. The summed E-state index contributed by atoms with van der Waals surface area (Å²) in [4.78, 5) is 19.3. The van der Waals surface area contributed by atoms with Crippen molar-refractivity contribution >= 4 is 23.4 Å². The van der Waals surface area contributed by atoms with Crippen LogP contribution in [0.3, 0.4) is 0 Å². The Bertz CT molecular complexity index is 1170. The van der Waals surface area contributed by atoms with Crippen LogP contribution in [-0.2, 0) is 4.79 Å². The normalized spacial score (nSPS) is 14.5. The van der Waals surface area contributed by atoms with Crippen molar-refractivity contribution in [2.45, 2.75) is 44.5 Å². The van der Waals surface area contributed by atoms with E-state index in [1.165, 1.54) is 6.92 Å². The van der Waals surface area contributed by atoms with Crippen molar-refractivity contribution in [2.75, 3.05) is 24.9 Å². The molecule has 0 aliphatic carbocycles. The summed E-state index contributed by atoms with van der Waals surface area (Å²) >= 11 is 1.55. The van der Waals surface area contributed by atoms with Crippen molar-refractivity contribution in [3.05, 3.63) is 48.0 Å². The molecule has 2 aromatic carbocycles. The van der Waals surface area contributed by atoms with Crippen LogP contribution in [0.5, 0.6) is 17.4 Å². The maximum absolute atomic E-state index is 13.0. The number of thioether (sulfide) groups is 1. The summed E-state index contributed by atoms with van der Waals surface area (Å²) in [6.07, 6.45) is 2.53. The maximum atomic E-state index is 13.0. The molecule has 1 aromatic heterocycles. The van der Waals surface area contributed by atoms with Gasteiger partial charge in [0.25, 0.3) is 0 Å². The fraction of sp³-hybridized carbons (Fsp3) is 0.360. The van der Waals surface area contributed by atoms with Gasteiger partial charge in [0.1, 0.15) is 11.5 Å². The highest BCUT2D eigenvalue weighted by Gasteiger charge is 2.36. The number of carbonyl (C=O) groups is 1. The van der Waals surface area contributed by atoms with Crippen molar-refractivity contribution in [3.8, 4) is 28.6 Å². The lowest BCUT2D eigenvalue weighted by atomic mass is 10.1. The minimum absolute atomic E-state index is 0.197. The van der Waals surface area contributed by atoms with E-state index in [4.69, 9.17) is 19.2 Å². The van der Waals surface area contributed by atoms with Gasteiger partial charge in [-0.05, 0) is 30.7 Å². The maximum Gasteiger partial charge on any atom is 0.247 e. The number of hydrogen-bond acceptors (Lipinski definition) is 8. The summed E-state index contributed by atoms with van der Waals surface area (Å²) in [5.41, 5.74) is 2.50. The number of fused-ring (bicyclic) bond motifs is 3. The summed E-state index contributed by atoms with van der Waals surface area (Å²) in [5, 5.41) is 9.34. The highest BCUT2D eigenvalue weighted by atomic mass is 32.2. The van der Waals surface area contributed by atoms with E-state index in [2.05, 4.69) is 17.1 Å². The molecule has 2 heterocycles. The van der Waals surface area contributed by atoms with Crippen LogP contribution in [0.1, 0.15) is 44.9 Å². The largest absolute Gasteiger partial charge is 0.497 e. The Kier molecular flexibility index (Phi) is 7.52. The molecule has 1 amide bonds. The number of aromatic nitrogens is 3. The van der Waals surface area contributed by atoms with Crippen LogP contribution in [0.25, 0.3) is 11.3 Å². The molecule has 0 radical (unpaired) electrons. The second-order valence-corrected chi connectivity index (χ2v) is 8.85. The predicted octanol–water partition coefficient (Wildman–Crippen LogP) is 5.28. The molecule has 34 heavy (non-hydrogen) atoms. The highest BCUT2D eigenvalue weighted by Crippen LogP contribution is 2.45. The molecule has 9 heteroatoms. The van der Waals surface area contributed by atoms with Gasteiger partial charge in [0, 0.05) is 18.2 Å². The third-order valence-corrected chi connectivity index (χ3v) is 6.46. The third-order valence-electron chi connectivity index (χ3n) is 5.53. The van der Waals surface area contributed by atoms with Crippen LogP contribution in [0.15, 0.2) is 47.6 Å². The number of amides is 1. The van der Waals surface area contributed by atoms with Gasteiger partial charge in [-0.2, -0.15) is 4.98 Å². The lowest BCUT2D eigenvalue weighted by Gasteiger charge is -2.30. The molecule has 4 rings (SSSR count). The van der Waals surface area contributed by atoms with E-state index in [1.54, 1.807) is 43.0 Å². The Hall–Kier alpha value is -3.33. The lowest BCUT2D eigenvalue weighted by molar-refractivity contribution is -0.118. The quantitative estimate of drug-likeness (QED) is 0.318. The van der Waals surface area contributed by atoms with Gasteiger partial charge in [0.05, 0.1) is 25.5 Å². The van der Waals surface area contributed by atoms with Crippen LogP contribution < -0.4 is 19.1 Å². The molecule has 0 saturated heterocycles. The minimum Gasteiger partial charge on any atom is -0.497 e. The smallest absolute Gasteiger partial charge is 0.247 e. The lowest BCUT2D eigenvalue weighted by Crippen LogP contribution is -2.36. The fourth-order valence-corrected chi connectivity index (χ4v) is 4.64. The molecule has 3 aromatic rings. The zero-order valence-electron chi connectivity index (χ0n) is 19.8. The van der Waals surface area contributed by atoms with Crippen molar-refractivity contribution in [3.63, 3.8) is 0 Å². The molecular formula is C25H28N4O4S. The zero-order valence-corrected chi connectivity index (χ0v) is 20.6. The third kappa shape index (κ3) is 4.79. The fourth-order valence-electron chi connectivity index (χ4n) is 3.86. The molecule has 0 spiro atoms. The van der Waals surface area contributed by atoms with E-state index in [1.807, 2.05) is 30.3 Å². The Morgan fingerprint density at radius 2 is 1.94 bits per heavy atom. The van der Waals surface area contributed by atoms with Crippen LogP contribution in [0.2, 0.25) is 0 Å². The molecule has 0 N–H and O–H groups in total. The molecule has 178 valence electrons. The van der Waals surface area contributed by atoms with Crippen LogP contribution in [0, 0.1) is 0 Å². The highest BCUT2D eigenvalue weighted by molar-refractivity contribution is 7.99. The van der Waals surface area contributed by atoms with E-state index < -0.39 is 6.23 Å². The Morgan fingerprint density at radius 3 is 2.68 bits per heavy atom. The average Bonchev–Trinajstić information content (AvgIpc) is 3.00. The van der Waals surface area contributed by atoms with Crippen molar-refractivity contribution in [1.29, 1.82) is 0 Å². The summed E-state index contributed by atoms with van der Waals surface area (Å²) in [6.45, 7) is 3.67. The first-order valence-corrected chi connectivity index (χ1v) is 12.2. The number of benzene rings is 2. The number of nitrogens with zero attached hydrogens (tertiary/aromatic N) is 4. The second kappa shape index (κ2) is 10.7. The molecule has 0 bridgehead atoms. The number of unbranched alkanes of at least 4 members (excludes halogenated alkanes) is 2. The van der Waals surface area contributed by atoms with Crippen LogP contribution in [-0.4, -0.2) is 41.1 Å². The Labute approximate surface area is 203 Å². The number of methoxy groups -OCH3 is 2. The van der Waals surface area contributed by atoms with Crippen molar-refractivity contribution in [2.24, 2.45) is 0 Å². The van der Waals surface area contributed by atoms with Gasteiger partial charge in [-0.1, -0.05) is 49.7 Å². The van der Waals surface area contributed by atoms with E-state index in [0.29, 0.717) is 39.5 Å². The van der Waals surface area contributed by atoms with Gasteiger partial charge in [-0.15, -0.1) is 10.2 Å². The van der Waals surface area contributed by atoms with Crippen LogP contribution >= 0.6 is 11.8 Å². The standard InChI is InChI=1S/C25H28N4O4S/c1-5-6-9-14-34-25-26-23-22(27-28-25)18-10-7-8-11-20(18)29(16(2)30)24(33-23)19-15-17(31-3)12-13-21(19)32-4/h7-8,10-13,15,24H,5-6,9,14H2,1-4H3. The number of anilines is 1. The summed E-state index contributed by atoms with van der Waals surface area (Å²) in [7, 11) is 3.17. The first-order chi connectivity index (χ1) is 16.6. The number of carbonyl (C=O) groups excluding carboxylic acids is 1. The number of ether oxygens (including phenoxy) is 3. The van der Waals surface area contributed by atoms with Crippen LogP contribution in [0.4, 0.5) is 5.69 Å². The van der Waals surface area contributed by atoms with E-state index in [9.17, 15) is 4.79 Å². The topological polar surface area (TPSA) is 86.7 Å². The predicted molar refractivity (Wildman–Crippen MR) is 132 cm³/mol. The number of hydrogen-bond donors (Lipinski definition) is 0. The Morgan fingerprint density at radius 1 is 1.12 bits per heavy atom. The molecule has 1 aliphatic rings. The molecule has 0 saturated carbocycles.